The average molecular weight is 491 g/mol. The number of aryl methyl sites for hydroxylation is 2. The molecular formula is C29H50O4Si. The molecule has 1 aromatic rings. The zero-order valence-electron chi connectivity index (χ0n) is 23.2. The van der Waals surface area contributed by atoms with E-state index in [9.17, 15) is 9.59 Å². The Morgan fingerprint density at radius 3 is 1.91 bits per heavy atom. The van der Waals surface area contributed by atoms with Crippen molar-refractivity contribution in [1.29, 1.82) is 0 Å². The van der Waals surface area contributed by atoms with Crippen molar-refractivity contribution in [3.8, 4) is 0 Å². The van der Waals surface area contributed by atoms with Crippen LogP contribution in [-0.2, 0) is 31.9 Å². The van der Waals surface area contributed by atoms with Crippen LogP contribution >= 0.6 is 0 Å². The lowest BCUT2D eigenvalue weighted by Crippen LogP contribution is -2.32. The van der Waals surface area contributed by atoms with Crippen molar-refractivity contribution < 1.29 is 19.1 Å². The van der Waals surface area contributed by atoms with Crippen molar-refractivity contribution in [3.05, 3.63) is 35.4 Å². The molecule has 5 heteroatoms. The first-order chi connectivity index (χ1) is 15.8. The summed E-state index contributed by atoms with van der Waals surface area (Å²) in [5, 5.41) is 0. The van der Waals surface area contributed by atoms with Gasteiger partial charge in [-0.15, -0.1) is 0 Å². The van der Waals surface area contributed by atoms with Gasteiger partial charge in [0, 0.05) is 8.07 Å². The lowest BCUT2D eigenvalue weighted by molar-refractivity contribution is -0.162. The molecule has 0 heterocycles. The van der Waals surface area contributed by atoms with E-state index in [2.05, 4.69) is 57.8 Å². The second-order valence-corrected chi connectivity index (χ2v) is 17.5. The Kier molecular flexibility index (Phi) is 13.1. The normalized spacial score (nSPS) is 13.9. The molecule has 194 valence electrons. The lowest BCUT2D eigenvalue weighted by Gasteiger charge is -2.26. The summed E-state index contributed by atoms with van der Waals surface area (Å²) < 4.78 is 11.5. The van der Waals surface area contributed by atoms with Gasteiger partial charge in [-0.3, -0.25) is 9.59 Å². The highest BCUT2D eigenvalue weighted by Crippen LogP contribution is 2.27. The number of esters is 2. The van der Waals surface area contributed by atoms with E-state index >= 15 is 0 Å². The molecule has 2 atom stereocenters. The van der Waals surface area contributed by atoms with E-state index in [-0.39, 0.29) is 23.8 Å². The molecule has 0 aliphatic rings. The second-order valence-electron chi connectivity index (χ2n) is 11.9. The van der Waals surface area contributed by atoms with E-state index in [1.165, 1.54) is 11.1 Å². The predicted molar refractivity (Wildman–Crippen MR) is 145 cm³/mol. The fourth-order valence-electron chi connectivity index (χ4n) is 3.92. The molecule has 0 saturated carbocycles. The topological polar surface area (TPSA) is 52.6 Å². The predicted octanol–water partition coefficient (Wildman–Crippen LogP) is 7.61. The molecule has 4 nitrogen and oxygen atoms in total. The van der Waals surface area contributed by atoms with Gasteiger partial charge in [-0.1, -0.05) is 77.0 Å². The second kappa shape index (κ2) is 14.7. The third-order valence-electron chi connectivity index (χ3n) is 5.99. The Balaban J connectivity index is 2.95. The van der Waals surface area contributed by atoms with Crippen molar-refractivity contribution in [2.45, 2.75) is 117 Å². The van der Waals surface area contributed by atoms with E-state index in [0.717, 1.165) is 44.6 Å². The number of carbonyl (C=O) groups excluding carboxylic acids is 2. The minimum Gasteiger partial charge on any atom is -0.466 e. The van der Waals surface area contributed by atoms with Crippen LogP contribution in [0.2, 0.25) is 25.7 Å². The number of rotatable bonds is 15. The van der Waals surface area contributed by atoms with Gasteiger partial charge in [-0.25, -0.2) is 0 Å². The first-order valence-corrected chi connectivity index (χ1v) is 17.0. The molecule has 0 saturated heterocycles. The van der Waals surface area contributed by atoms with Crippen LogP contribution in [0.15, 0.2) is 24.3 Å². The van der Waals surface area contributed by atoms with Gasteiger partial charge >= 0.3 is 11.9 Å². The quantitative estimate of drug-likeness (QED) is 0.187. The number of benzene rings is 1. The molecule has 0 bridgehead atoms. The van der Waals surface area contributed by atoms with Crippen LogP contribution in [0.1, 0.15) is 84.3 Å². The number of hydrogen-bond acceptors (Lipinski definition) is 4. The molecule has 0 aromatic heterocycles. The fourth-order valence-corrected chi connectivity index (χ4v) is 4.64. The summed E-state index contributed by atoms with van der Waals surface area (Å²) in [6, 6.07) is 9.66. The van der Waals surface area contributed by atoms with Crippen molar-refractivity contribution >= 4 is 20.0 Å². The van der Waals surface area contributed by atoms with Crippen LogP contribution < -0.4 is 0 Å². The maximum Gasteiger partial charge on any atom is 0.309 e. The Hall–Kier alpha value is -1.62. The summed E-state index contributed by atoms with van der Waals surface area (Å²) >= 11 is 0. The molecule has 1 aromatic carbocycles. The van der Waals surface area contributed by atoms with Crippen LogP contribution in [0.25, 0.3) is 0 Å². The van der Waals surface area contributed by atoms with Gasteiger partial charge in [0.15, 0.2) is 0 Å². The summed E-state index contributed by atoms with van der Waals surface area (Å²) in [6.07, 6.45) is 6.90. The number of hydrogen-bond donors (Lipinski definition) is 0. The van der Waals surface area contributed by atoms with E-state index in [4.69, 9.17) is 9.47 Å². The van der Waals surface area contributed by atoms with Crippen LogP contribution in [0.4, 0.5) is 0 Å². The number of unbranched alkanes of at least 4 members (excludes halogenated alkanes) is 1. The van der Waals surface area contributed by atoms with Gasteiger partial charge in [0.2, 0.25) is 0 Å². The lowest BCUT2D eigenvalue weighted by atomic mass is 9.86. The third-order valence-corrected chi connectivity index (χ3v) is 7.69. The largest absolute Gasteiger partial charge is 0.466 e. The molecule has 0 amide bonds. The van der Waals surface area contributed by atoms with Gasteiger partial charge in [0.1, 0.15) is 5.60 Å². The summed E-state index contributed by atoms with van der Waals surface area (Å²) in [4.78, 5) is 26.1. The molecule has 0 aliphatic heterocycles. The molecule has 1 rings (SSSR count). The minimum absolute atomic E-state index is 0.161. The molecule has 0 N–H and O–H groups in total. The van der Waals surface area contributed by atoms with Crippen molar-refractivity contribution in [3.63, 3.8) is 0 Å². The SMILES string of the molecule is CCCC[C@@H](C[C@@H](CCc1ccc(CCC)cc1)C(=O)OCC[Si](C)(C)C)C(=O)OC(C)(C)C. The Morgan fingerprint density at radius 2 is 1.41 bits per heavy atom. The summed E-state index contributed by atoms with van der Waals surface area (Å²) in [6.45, 7) is 17.3. The van der Waals surface area contributed by atoms with Gasteiger partial charge < -0.3 is 9.47 Å². The van der Waals surface area contributed by atoms with Crippen LogP contribution in [0.5, 0.6) is 0 Å². The molecule has 0 radical (unpaired) electrons. The van der Waals surface area contributed by atoms with Gasteiger partial charge in [-0.05, 0) is 70.0 Å². The smallest absolute Gasteiger partial charge is 0.309 e. The Labute approximate surface area is 210 Å². The molecular weight excluding hydrogens is 440 g/mol. The zero-order valence-corrected chi connectivity index (χ0v) is 24.2. The number of carbonyl (C=O) groups is 2. The zero-order chi connectivity index (χ0) is 25.8. The van der Waals surface area contributed by atoms with Gasteiger partial charge in [0.05, 0.1) is 18.4 Å². The summed E-state index contributed by atoms with van der Waals surface area (Å²) in [5.41, 5.74) is 2.04. The van der Waals surface area contributed by atoms with Gasteiger partial charge in [-0.2, -0.15) is 0 Å². The minimum atomic E-state index is -1.29. The highest BCUT2D eigenvalue weighted by molar-refractivity contribution is 6.76. The molecule has 0 unspecified atom stereocenters. The van der Waals surface area contributed by atoms with Crippen LogP contribution in [0.3, 0.4) is 0 Å². The monoisotopic (exact) mass is 490 g/mol. The first kappa shape index (κ1) is 30.4. The fraction of sp³-hybridized carbons (Fsp3) is 0.724. The van der Waals surface area contributed by atoms with E-state index in [1.807, 2.05) is 20.8 Å². The summed E-state index contributed by atoms with van der Waals surface area (Å²) in [5.74, 6) is -0.928. The van der Waals surface area contributed by atoms with Gasteiger partial charge in [0.25, 0.3) is 0 Å². The first-order valence-electron chi connectivity index (χ1n) is 13.3. The van der Waals surface area contributed by atoms with Crippen LogP contribution in [-0.4, -0.2) is 32.2 Å². The van der Waals surface area contributed by atoms with Crippen molar-refractivity contribution in [2.75, 3.05) is 6.61 Å². The van der Waals surface area contributed by atoms with E-state index < -0.39 is 13.7 Å². The average Bonchev–Trinajstić information content (AvgIpc) is 2.72. The highest BCUT2D eigenvalue weighted by atomic mass is 28.3. The summed E-state index contributed by atoms with van der Waals surface area (Å²) in [7, 11) is -1.29. The maximum atomic E-state index is 13.1. The maximum absolute atomic E-state index is 13.1. The molecule has 0 fully saturated rings. The molecule has 34 heavy (non-hydrogen) atoms. The number of ether oxygens (including phenoxy) is 2. The third kappa shape index (κ3) is 13.3. The molecule has 0 aliphatic carbocycles. The Morgan fingerprint density at radius 1 is 0.853 bits per heavy atom. The standard InChI is InChI=1S/C29H50O4Si/c1-9-11-13-25(28(31)33-29(3,4)5)22-26(27(30)32-20-21-34(6,7)8)19-18-24-16-14-23(12-10-2)15-17-24/h14-17,25-26H,9-13,18-22H2,1-8H3/t25-,26+/m0/s1. The van der Waals surface area contributed by atoms with Crippen molar-refractivity contribution in [2.24, 2.45) is 11.8 Å². The Bertz CT molecular complexity index is 728. The van der Waals surface area contributed by atoms with Crippen LogP contribution in [0, 0.1) is 11.8 Å². The van der Waals surface area contributed by atoms with E-state index in [0.29, 0.717) is 19.4 Å². The van der Waals surface area contributed by atoms with Crippen molar-refractivity contribution in [1.82, 2.24) is 0 Å². The highest BCUT2D eigenvalue weighted by Gasteiger charge is 2.31. The molecule has 0 spiro atoms. The van der Waals surface area contributed by atoms with E-state index in [1.54, 1.807) is 0 Å².